The fourth-order valence-corrected chi connectivity index (χ4v) is 2.84. The van der Waals surface area contributed by atoms with E-state index in [0.29, 0.717) is 16.7 Å². The highest BCUT2D eigenvalue weighted by Crippen LogP contribution is 2.30. The highest BCUT2D eigenvalue weighted by atomic mass is 19.4. The summed E-state index contributed by atoms with van der Waals surface area (Å²) >= 11 is 0. The SMILES string of the molecule is O=C(Nc1ccc(C(F)(F)F)cc1)Nc1c[nH]c2ncc(-c3ccncc3)cc12. The van der Waals surface area contributed by atoms with Crippen molar-refractivity contribution in [2.45, 2.75) is 6.18 Å². The Labute approximate surface area is 162 Å². The summed E-state index contributed by atoms with van der Waals surface area (Å²) in [4.78, 5) is 23.6. The second-order valence-electron chi connectivity index (χ2n) is 6.21. The van der Waals surface area contributed by atoms with Crippen LogP contribution in [0.25, 0.3) is 22.2 Å². The number of aromatic amines is 1. The lowest BCUT2D eigenvalue weighted by atomic mass is 10.1. The van der Waals surface area contributed by atoms with E-state index in [1.807, 2.05) is 18.2 Å². The Morgan fingerprint density at radius 1 is 0.966 bits per heavy atom. The van der Waals surface area contributed by atoms with Crippen LogP contribution in [0.2, 0.25) is 0 Å². The van der Waals surface area contributed by atoms with Crippen molar-refractivity contribution in [3.05, 3.63) is 72.8 Å². The zero-order chi connectivity index (χ0) is 20.4. The number of amides is 2. The molecule has 0 bridgehead atoms. The number of alkyl halides is 3. The first-order chi connectivity index (χ1) is 13.9. The molecule has 9 heteroatoms. The molecule has 0 saturated heterocycles. The van der Waals surface area contributed by atoms with Crippen LogP contribution in [0.4, 0.5) is 29.3 Å². The molecule has 29 heavy (non-hydrogen) atoms. The fraction of sp³-hybridized carbons (Fsp3) is 0.0500. The van der Waals surface area contributed by atoms with Gasteiger partial charge in [0.2, 0.25) is 0 Å². The third-order valence-electron chi connectivity index (χ3n) is 4.26. The Bertz CT molecular complexity index is 1150. The number of carbonyl (C=O) groups is 1. The first kappa shape index (κ1) is 18.5. The largest absolute Gasteiger partial charge is 0.416 e. The standard InChI is InChI=1S/C20H14F3N5O/c21-20(22,23)14-1-3-15(4-2-14)27-19(29)28-17-11-26-18-16(17)9-13(10-25-18)12-5-7-24-8-6-12/h1-11H,(H,25,26)(H2,27,28,29). The fourth-order valence-electron chi connectivity index (χ4n) is 2.84. The molecule has 0 unspecified atom stereocenters. The van der Waals surface area contributed by atoms with Gasteiger partial charge in [0.05, 0.1) is 11.3 Å². The number of nitrogens with zero attached hydrogens (tertiary/aromatic N) is 2. The molecule has 4 rings (SSSR count). The third-order valence-corrected chi connectivity index (χ3v) is 4.26. The molecular formula is C20H14F3N5O. The number of carbonyl (C=O) groups excluding carboxylic acids is 1. The van der Waals surface area contributed by atoms with Crippen molar-refractivity contribution in [1.29, 1.82) is 0 Å². The number of H-pyrrole nitrogens is 1. The van der Waals surface area contributed by atoms with Gasteiger partial charge in [0.1, 0.15) is 5.65 Å². The summed E-state index contributed by atoms with van der Waals surface area (Å²) in [5.41, 5.74) is 2.32. The van der Waals surface area contributed by atoms with Crippen LogP contribution in [0, 0.1) is 0 Å². The zero-order valence-electron chi connectivity index (χ0n) is 14.8. The Morgan fingerprint density at radius 2 is 1.69 bits per heavy atom. The molecule has 3 aromatic heterocycles. The number of pyridine rings is 2. The van der Waals surface area contributed by atoms with Crippen LogP contribution in [0.5, 0.6) is 0 Å². The lowest BCUT2D eigenvalue weighted by Crippen LogP contribution is -2.19. The summed E-state index contributed by atoms with van der Waals surface area (Å²) in [6.07, 6.45) is 2.23. The Hall–Kier alpha value is -3.88. The number of fused-ring (bicyclic) bond motifs is 1. The van der Waals surface area contributed by atoms with Gasteiger partial charge in [0.25, 0.3) is 0 Å². The van der Waals surface area contributed by atoms with E-state index in [0.717, 1.165) is 23.3 Å². The van der Waals surface area contributed by atoms with Crippen molar-refractivity contribution >= 4 is 28.4 Å². The summed E-state index contributed by atoms with van der Waals surface area (Å²) in [6, 6.07) is 9.20. The molecule has 3 N–H and O–H groups in total. The Balaban J connectivity index is 1.52. The number of aromatic nitrogens is 3. The quantitative estimate of drug-likeness (QED) is 0.439. The number of halogens is 3. The van der Waals surface area contributed by atoms with E-state index < -0.39 is 17.8 Å². The molecule has 146 valence electrons. The van der Waals surface area contributed by atoms with Gasteiger partial charge in [-0.05, 0) is 48.0 Å². The van der Waals surface area contributed by atoms with Gasteiger partial charge in [-0.2, -0.15) is 13.2 Å². The van der Waals surface area contributed by atoms with Crippen molar-refractivity contribution in [1.82, 2.24) is 15.0 Å². The monoisotopic (exact) mass is 397 g/mol. The highest BCUT2D eigenvalue weighted by molar-refractivity contribution is 6.05. The molecule has 0 spiro atoms. The normalized spacial score (nSPS) is 11.4. The van der Waals surface area contributed by atoms with Crippen LogP contribution in [0.1, 0.15) is 5.56 Å². The van der Waals surface area contributed by atoms with E-state index in [4.69, 9.17) is 0 Å². The van der Waals surface area contributed by atoms with E-state index >= 15 is 0 Å². The first-order valence-electron chi connectivity index (χ1n) is 8.53. The van der Waals surface area contributed by atoms with E-state index in [2.05, 4.69) is 25.6 Å². The smallest absolute Gasteiger partial charge is 0.344 e. The van der Waals surface area contributed by atoms with Crippen LogP contribution in [0.3, 0.4) is 0 Å². The van der Waals surface area contributed by atoms with Crippen molar-refractivity contribution in [2.24, 2.45) is 0 Å². The second-order valence-corrected chi connectivity index (χ2v) is 6.21. The first-order valence-corrected chi connectivity index (χ1v) is 8.53. The number of benzene rings is 1. The number of hydrogen-bond acceptors (Lipinski definition) is 3. The Kier molecular flexibility index (Phi) is 4.63. The van der Waals surface area contributed by atoms with Crippen molar-refractivity contribution in [3.8, 4) is 11.1 Å². The average molecular weight is 397 g/mol. The maximum absolute atomic E-state index is 12.6. The van der Waals surface area contributed by atoms with Gasteiger partial charge in [-0.3, -0.25) is 4.98 Å². The van der Waals surface area contributed by atoms with Gasteiger partial charge < -0.3 is 15.6 Å². The molecule has 0 radical (unpaired) electrons. The number of anilines is 2. The molecule has 0 fully saturated rings. The maximum atomic E-state index is 12.6. The van der Waals surface area contributed by atoms with E-state index in [-0.39, 0.29) is 5.69 Å². The molecule has 2 amide bonds. The second kappa shape index (κ2) is 7.27. The molecule has 4 aromatic rings. The van der Waals surface area contributed by atoms with Crippen LogP contribution in [-0.4, -0.2) is 21.0 Å². The lowest BCUT2D eigenvalue weighted by Gasteiger charge is -2.09. The molecule has 3 heterocycles. The van der Waals surface area contributed by atoms with Crippen LogP contribution >= 0.6 is 0 Å². The minimum atomic E-state index is -4.43. The summed E-state index contributed by atoms with van der Waals surface area (Å²) in [5.74, 6) is 0. The number of rotatable bonds is 3. The molecular weight excluding hydrogens is 383 g/mol. The van der Waals surface area contributed by atoms with Gasteiger partial charge >= 0.3 is 12.2 Å². The van der Waals surface area contributed by atoms with Crippen molar-refractivity contribution < 1.29 is 18.0 Å². The molecule has 0 saturated carbocycles. The summed E-state index contributed by atoms with van der Waals surface area (Å²) in [6.45, 7) is 0. The minimum absolute atomic E-state index is 0.242. The number of nitrogens with one attached hydrogen (secondary N) is 3. The molecule has 6 nitrogen and oxygen atoms in total. The van der Waals surface area contributed by atoms with Gasteiger partial charge in [0.15, 0.2) is 0 Å². The molecule has 1 aromatic carbocycles. The van der Waals surface area contributed by atoms with E-state index in [9.17, 15) is 18.0 Å². The highest BCUT2D eigenvalue weighted by Gasteiger charge is 2.30. The maximum Gasteiger partial charge on any atom is 0.416 e. The van der Waals surface area contributed by atoms with Gasteiger partial charge in [-0.15, -0.1) is 0 Å². The third kappa shape index (κ3) is 4.03. The Morgan fingerprint density at radius 3 is 2.38 bits per heavy atom. The van der Waals surface area contributed by atoms with Crippen molar-refractivity contribution in [3.63, 3.8) is 0 Å². The topological polar surface area (TPSA) is 82.7 Å². The summed E-state index contributed by atoms with van der Waals surface area (Å²) < 4.78 is 37.9. The predicted octanol–water partition coefficient (Wildman–Crippen LogP) is 5.29. The molecule has 0 aliphatic heterocycles. The van der Waals surface area contributed by atoms with E-state index in [1.54, 1.807) is 24.8 Å². The van der Waals surface area contributed by atoms with Crippen LogP contribution in [-0.2, 0) is 6.18 Å². The molecule has 0 aliphatic rings. The van der Waals surface area contributed by atoms with Gasteiger partial charge in [0, 0.05) is 41.4 Å². The number of urea groups is 1. The molecule has 0 atom stereocenters. The summed E-state index contributed by atoms with van der Waals surface area (Å²) in [7, 11) is 0. The van der Waals surface area contributed by atoms with Gasteiger partial charge in [-0.25, -0.2) is 9.78 Å². The average Bonchev–Trinajstić information content (AvgIpc) is 3.10. The van der Waals surface area contributed by atoms with Gasteiger partial charge in [-0.1, -0.05) is 0 Å². The summed E-state index contributed by atoms with van der Waals surface area (Å²) in [5, 5.41) is 5.89. The zero-order valence-corrected chi connectivity index (χ0v) is 14.8. The van der Waals surface area contributed by atoms with E-state index in [1.165, 1.54) is 12.1 Å². The molecule has 0 aliphatic carbocycles. The minimum Gasteiger partial charge on any atom is -0.344 e. The number of hydrogen-bond donors (Lipinski definition) is 3. The van der Waals surface area contributed by atoms with Crippen LogP contribution in [0.15, 0.2) is 67.3 Å². The predicted molar refractivity (Wildman–Crippen MR) is 103 cm³/mol. The van der Waals surface area contributed by atoms with Crippen molar-refractivity contribution in [2.75, 3.05) is 10.6 Å². The lowest BCUT2D eigenvalue weighted by molar-refractivity contribution is -0.137. The van der Waals surface area contributed by atoms with Crippen LogP contribution < -0.4 is 10.6 Å².